The van der Waals surface area contributed by atoms with Crippen molar-refractivity contribution in [1.82, 2.24) is 0 Å². The molecule has 0 spiro atoms. The van der Waals surface area contributed by atoms with Crippen LogP contribution in [0.2, 0.25) is 18.1 Å². The summed E-state index contributed by atoms with van der Waals surface area (Å²) in [6.07, 6.45) is -0.124. The van der Waals surface area contributed by atoms with Crippen molar-refractivity contribution in [2.45, 2.75) is 75.8 Å². The lowest BCUT2D eigenvalue weighted by atomic mass is 10.1. The van der Waals surface area contributed by atoms with Crippen molar-refractivity contribution in [3.63, 3.8) is 0 Å². The van der Waals surface area contributed by atoms with E-state index in [9.17, 15) is 9.90 Å². The monoisotopic (exact) mass is 354 g/mol. The topological polar surface area (TPSA) is 46.5 Å². The van der Waals surface area contributed by atoms with Crippen LogP contribution in [0.3, 0.4) is 0 Å². The lowest BCUT2D eigenvalue weighted by molar-refractivity contribution is -0.122. The number of carbonyl (C=O) groups is 1. The van der Waals surface area contributed by atoms with Crippen molar-refractivity contribution in [3.8, 4) is 0 Å². The van der Waals surface area contributed by atoms with E-state index < -0.39 is 20.5 Å². The third-order valence-corrected chi connectivity index (χ3v) is 9.75. The molecule has 0 heterocycles. The zero-order valence-electron chi connectivity index (χ0n) is 15.1. The number of rotatable bonds is 7. The summed E-state index contributed by atoms with van der Waals surface area (Å²) in [5.41, 5.74) is 0. The summed E-state index contributed by atoms with van der Waals surface area (Å²) in [5.74, 6) is 0. The van der Waals surface area contributed by atoms with Crippen molar-refractivity contribution < 1.29 is 14.3 Å². The predicted molar refractivity (Wildman–Crippen MR) is 100 cm³/mol. The van der Waals surface area contributed by atoms with Crippen LogP contribution >= 0.6 is 11.8 Å². The first-order chi connectivity index (χ1) is 10.6. The normalized spacial score (nSPS) is 15.3. The zero-order chi connectivity index (χ0) is 17.7. The second-order valence-corrected chi connectivity index (χ2v) is 13.2. The summed E-state index contributed by atoms with van der Waals surface area (Å²) in [6, 6.07) is 9.53. The minimum Gasteiger partial charge on any atom is -0.404 e. The summed E-state index contributed by atoms with van der Waals surface area (Å²) >= 11 is 1.16. The van der Waals surface area contributed by atoms with Crippen molar-refractivity contribution >= 4 is 25.2 Å². The van der Waals surface area contributed by atoms with Gasteiger partial charge in [0, 0.05) is 4.90 Å². The van der Waals surface area contributed by atoms with Gasteiger partial charge in [0.1, 0.15) is 6.10 Å². The zero-order valence-corrected chi connectivity index (χ0v) is 16.9. The van der Waals surface area contributed by atoms with Crippen LogP contribution in [0, 0.1) is 0 Å². The summed E-state index contributed by atoms with van der Waals surface area (Å²) in [7, 11) is -2.13. The SMILES string of the molecule is CCC[C@@H](O)[C@@H](O[Si](C)(C)C(C)(C)C)C(=O)Sc1ccccc1. The molecule has 1 N–H and O–H groups in total. The number of aliphatic hydroxyl groups excluding tert-OH is 1. The molecule has 0 fully saturated rings. The lowest BCUT2D eigenvalue weighted by Gasteiger charge is -2.39. The molecule has 0 saturated heterocycles. The highest BCUT2D eigenvalue weighted by molar-refractivity contribution is 8.13. The molecule has 0 bridgehead atoms. The maximum Gasteiger partial charge on any atom is 0.223 e. The van der Waals surface area contributed by atoms with Crippen LogP contribution in [0.15, 0.2) is 35.2 Å². The molecule has 0 unspecified atom stereocenters. The average Bonchev–Trinajstić information content (AvgIpc) is 2.44. The van der Waals surface area contributed by atoms with Crippen molar-refractivity contribution in [3.05, 3.63) is 30.3 Å². The minimum absolute atomic E-state index is 0.00508. The van der Waals surface area contributed by atoms with Gasteiger partial charge in [0.25, 0.3) is 0 Å². The van der Waals surface area contributed by atoms with Crippen LogP contribution in [-0.2, 0) is 9.22 Å². The molecule has 0 aliphatic heterocycles. The summed E-state index contributed by atoms with van der Waals surface area (Å²) in [6.45, 7) is 12.6. The summed E-state index contributed by atoms with van der Waals surface area (Å²) in [4.78, 5) is 13.6. The number of thioether (sulfide) groups is 1. The number of hydrogen-bond donors (Lipinski definition) is 1. The van der Waals surface area contributed by atoms with Crippen molar-refractivity contribution in [2.75, 3.05) is 0 Å². The highest BCUT2D eigenvalue weighted by Crippen LogP contribution is 2.38. The van der Waals surface area contributed by atoms with Gasteiger partial charge in [-0.1, -0.05) is 52.3 Å². The van der Waals surface area contributed by atoms with Gasteiger partial charge < -0.3 is 9.53 Å². The molecule has 5 heteroatoms. The van der Waals surface area contributed by atoms with Gasteiger partial charge in [-0.15, -0.1) is 0 Å². The van der Waals surface area contributed by atoms with E-state index >= 15 is 0 Å². The molecule has 0 aliphatic carbocycles. The Balaban J connectivity index is 2.94. The third-order valence-electron chi connectivity index (χ3n) is 4.36. The highest BCUT2D eigenvalue weighted by atomic mass is 32.2. The lowest BCUT2D eigenvalue weighted by Crippen LogP contribution is -2.49. The molecule has 0 aromatic heterocycles. The summed E-state index contributed by atoms with van der Waals surface area (Å²) in [5, 5.41) is 10.3. The van der Waals surface area contributed by atoms with Crippen molar-refractivity contribution in [2.24, 2.45) is 0 Å². The fourth-order valence-corrected chi connectivity index (χ4v) is 4.07. The van der Waals surface area contributed by atoms with E-state index in [4.69, 9.17) is 4.43 Å². The Bertz CT molecular complexity index is 497. The maximum absolute atomic E-state index is 12.7. The van der Waals surface area contributed by atoms with Gasteiger partial charge in [-0.2, -0.15) is 0 Å². The minimum atomic E-state index is -2.13. The molecule has 1 aromatic carbocycles. The molecular formula is C18H30O3SSi. The third kappa shape index (κ3) is 6.07. The molecule has 0 saturated carbocycles. The molecule has 0 radical (unpaired) electrons. The average molecular weight is 355 g/mol. The molecule has 23 heavy (non-hydrogen) atoms. The smallest absolute Gasteiger partial charge is 0.223 e. The first-order valence-electron chi connectivity index (χ1n) is 8.21. The number of benzene rings is 1. The largest absolute Gasteiger partial charge is 0.404 e. The molecule has 3 nitrogen and oxygen atoms in total. The molecule has 0 aliphatic rings. The van der Waals surface area contributed by atoms with Gasteiger partial charge in [0.15, 0.2) is 8.32 Å². The predicted octanol–water partition coefficient (Wildman–Crippen LogP) is 4.86. The van der Waals surface area contributed by atoms with E-state index in [1.807, 2.05) is 37.3 Å². The number of hydrogen-bond acceptors (Lipinski definition) is 4. The first kappa shape index (κ1) is 20.4. The van der Waals surface area contributed by atoms with Gasteiger partial charge in [0.05, 0.1) is 6.10 Å². The molecular weight excluding hydrogens is 324 g/mol. The fourth-order valence-electron chi connectivity index (χ4n) is 1.89. The van der Waals surface area contributed by atoms with Crippen LogP contribution < -0.4 is 0 Å². The Morgan fingerprint density at radius 1 is 1.26 bits per heavy atom. The molecule has 1 rings (SSSR count). The quantitative estimate of drug-likeness (QED) is 0.561. The number of aliphatic hydroxyl groups is 1. The van der Waals surface area contributed by atoms with Crippen LogP contribution in [0.4, 0.5) is 0 Å². The standard InChI is InChI=1S/C18H30O3SSi/c1-7-11-15(19)16(21-23(5,6)18(2,3)4)17(20)22-14-12-9-8-10-13-14/h8-10,12-13,15-16,19H,7,11H2,1-6H3/t15-,16-/m1/s1. The van der Waals surface area contributed by atoms with E-state index in [-0.39, 0.29) is 10.2 Å². The highest BCUT2D eigenvalue weighted by Gasteiger charge is 2.42. The second kappa shape index (κ2) is 8.47. The molecule has 2 atom stereocenters. The van der Waals surface area contributed by atoms with E-state index in [1.54, 1.807) is 0 Å². The first-order valence-corrected chi connectivity index (χ1v) is 11.9. The van der Waals surface area contributed by atoms with Crippen LogP contribution in [0.1, 0.15) is 40.5 Å². The Morgan fingerprint density at radius 2 is 1.83 bits per heavy atom. The van der Waals surface area contributed by atoms with E-state index in [2.05, 4.69) is 33.9 Å². The van der Waals surface area contributed by atoms with Crippen LogP contribution in [0.25, 0.3) is 0 Å². The maximum atomic E-state index is 12.7. The van der Waals surface area contributed by atoms with Crippen LogP contribution in [0.5, 0.6) is 0 Å². The van der Waals surface area contributed by atoms with Gasteiger partial charge in [0.2, 0.25) is 5.12 Å². The van der Waals surface area contributed by atoms with E-state index in [0.717, 1.165) is 23.1 Å². The van der Waals surface area contributed by atoms with Gasteiger partial charge in [-0.05, 0) is 48.4 Å². The van der Waals surface area contributed by atoms with Gasteiger partial charge in [-0.25, -0.2) is 0 Å². The van der Waals surface area contributed by atoms with E-state index in [0.29, 0.717) is 6.42 Å². The molecule has 130 valence electrons. The van der Waals surface area contributed by atoms with Crippen molar-refractivity contribution in [1.29, 1.82) is 0 Å². The summed E-state index contributed by atoms with van der Waals surface area (Å²) < 4.78 is 6.27. The van der Waals surface area contributed by atoms with Gasteiger partial charge >= 0.3 is 0 Å². The second-order valence-electron chi connectivity index (χ2n) is 7.39. The fraction of sp³-hybridized carbons (Fsp3) is 0.611. The Hall–Kier alpha value is -0.623. The number of carbonyl (C=O) groups excluding carboxylic acids is 1. The Morgan fingerprint density at radius 3 is 2.30 bits per heavy atom. The van der Waals surface area contributed by atoms with Gasteiger partial charge in [-0.3, -0.25) is 4.79 Å². The Labute approximate surface area is 146 Å². The van der Waals surface area contributed by atoms with Crippen LogP contribution in [-0.4, -0.2) is 30.7 Å². The molecule has 0 amide bonds. The Kier molecular flexibility index (Phi) is 7.52. The van der Waals surface area contributed by atoms with E-state index in [1.165, 1.54) is 0 Å². The molecule has 1 aromatic rings.